The summed E-state index contributed by atoms with van der Waals surface area (Å²) in [5.41, 5.74) is 0.979. The second kappa shape index (κ2) is 2.34. The van der Waals surface area contributed by atoms with E-state index in [2.05, 4.69) is 9.98 Å². The van der Waals surface area contributed by atoms with Crippen molar-refractivity contribution in [1.29, 1.82) is 0 Å². The molecule has 0 atom stereocenters. The third kappa shape index (κ3) is 0.934. The lowest BCUT2D eigenvalue weighted by Crippen LogP contribution is -1.97. The van der Waals surface area contributed by atoms with Crippen LogP contribution in [0.2, 0.25) is 0 Å². The molecule has 0 aliphatic carbocycles. The first kappa shape index (κ1) is 6.84. The summed E-state index contributed by atoms with van der Waals surface area (Å²) in [5, 5.41) is 0. The molecule has 0 aromatic rings. The molecule has 4 nitrogen and oxygen atoms in total. The molecule has 2 aliphatic heterocycles. The van der Waals surface area contributed by atoms with Gasteiger partial charge in [0, 0.05) is 24.1 Å². The highest BCUT2D eigenvalue weighted by Crippen LogP contribution is 2.16. The molecular formula is C8H4N2O2. The molecule has 2 heterocycles. The molecule has 0 N–H and O–H groups in total. The number of amides is 2. The van der Waals surface area contributed by atoms with Gasteiger partial charge < -0.3 is 0 Å². The molecule has 0 fully saturated rings. The Morgan fingerprint density at radius 1 is 1.17 bits per heavy atom. The average Bonchev–Trinajstić information content (AvgIpc) is 2.58. The highest BCUT2D eigenvalue weighted by Gasteiger charge is 2.18. The fraction of sp³-hybridized carbons (Fsp3) is 0. The summed E-state index contributed by atoms with van der Waals surface area (Å²) in [6, 6.07) is 0. The molecule has 0 aromatic carbocycles. The topological polar surface area (TPSA) is 58.9 Å². The van der Waals surface area contributed by atoms with Crippen LogP contribution in [0.5, 0.6) is 0 Å². The van der Waals surface area contributed by atoms with Crippen molar-refractivity contribution in [2.75, 3.05) is 0 Å². The second-order valence-corrected chi connectivity index (χ2v) is 2.36. The fourth-order valence-corrected chi connectivity index (χ4v) is 1.03. The van der Waals surface area contributed by atoms with Crippen LogP contribution in [0.25, 0.3) is 0 Å². The van der Waals surface area contributed by atoms with Crippen LogP contribution in [0, 0.1) is 0 Å². The Labute approximate surface area is 68.0 Å². The molecule has 0 saturated heterocycles. The molecule has 2 aliphatic rings. The van der Waals surface area contributed by atoms with Crippen molar-refractivity contribution in [3.63, 3.8) is 0 Å². The second-order valence-electron chi connectivity index (χ2n) is 2.36. The highest BCUT2D eigenvalue weighted by molar-refractivity contribution is 6.20. The predicted octanol–water partition coefficient (Wildman–Crippen LogP) is 0.0612. The summed E-state index contributed by atoms with van der Waals surface area (Å²) >= 11 is 0. The van der Waals surface area contributed by atoms with Crippen LogP contribution in [0.15, 0.2) is 33.3 Å². The van der Waals surface area contributed by atoms with Crippen molar-refractivity contribution in [1.82, 2.24) is 0 Å². The monoisotopic (exact) mass is 160 g/mol. The Bertz CT molecular complexity index is 380. The SMILES string of the molecule is O=C1C=C(C2=CC=NC2=O)C=N1. The maximum atomic E-state index is 11.0. The standard InChI is InChI=1S/C8H4N2O2/c11-7-3-5(4-10-7)6-1-2-9-8(6)12/h1-4H. The smallest absolute Gasteiger partial charge is 0.267 e. The van der Waals surface area contributed by atoms with Gasteiger partial charge in [0.25, 0.3) is 11.8 Å². The van der Waals surface area contributed by atoms with Crippen molar-refractivity contribution in [2.45, 2.75) is 0 Å². The number of carbonyl (C=O) groups is 2. The van der Waals surface area contributed by atoms with Crippen LogP contribution in [0.3, 0.4) is 0 Å². The van der Waals surface area contributed by atoms with Gasteiger partial charge in [-0.05, 0) is 6.08 Å². The lowest BCUT2D eigenvalue weighted by molar-refractivity contribution is -0.114. The Balaban J connectivity index is 2.35. The summed E-state index contributed by atoms with van der Waals surface area (Å²) in [6.07, 6.45) is 5.67. The molecule has 4 heteroatoms. The number of rotatable bonds is 1. The molecule has 0 aromatic heterocycles. The fourth-order valence-electron chi connectivity index (χ4n) is 1.03. The van der Waals surface area contributed by atoms with Gasteiger partial charge in [-0.2, -0.15) is 0 Å². The zero-order valence-corrected chi connectivity index (χ0v) is 6.02. The molecule has 0 bridgehead atoms. The first-order valence-corrected chi connectivity index (χ1v) is 3.36. The van der Waals surface area contributed by atoms with E-state index in [0.717, 1.165) is 0 Å². The summed E-state index contributed by atoms with van der Waals surface area (Å²) in [4.78, 5) is 28.7. The lowest BCUT2D eigenvalue weighted by Gasteiger charge is -1.92. The van der Waals surface area contributed by atoms with Gasteiger partial charge >= 0.3 is 0 Å². The number of carbonyl (C=O) groups excluding carboxylic acids is 2. The van der Waals surface area contributed by atoms with Gasteiger partial charge in [-0.15, -0.1) is 0 Å². The van der Waals surface area contributed by atoms with Gasteiger partial charge in [-0.3, -0.25) is 9.59 Å². The van der Waals surface area contributed by atoms with E-state index < -0.39 is 0 Å². The molecule has 0 unspecified atom stereocenters. The van der Waals surface area contributed by atoms with E-state index in [1.807, 2.05) is 0 Å². The van der Waals surface area contributed by atoms with Gasteiger partial charge in [0.1, 0.15) is 0 Å². The number of hydrogen-bond donors (Lipinski definition) is 0. The van der Waals surface area contributed by atoms with Crippen molar-refractivity contribution in [3.8, 4) is 0 Å². The summed E-state index contributed by atoms with van der Waals surface area (Å²) in [7, 11) is 0. The lowest BCUT2D eigenvalue weighted by atomic mass is 10.1. The average molecular weight is 160 g/mol. The first-order valence-electron chi connectivity index (χ1n) is 3.36. The molecule has 0 spiro atoms. The minimum atomic E-state index is -0.328. The van der Waals surface area contributed by atoms with E-state index in [9.17, 15) is 9.59 Å². The predicted molar refractivity (Wildman–Crippen MR) is 43.2 cm³/mol. The third-order valence-corrected chi connectivity index (χ3v) is 1.58. The van der Waals surface area contributed by atoms with Crippen LogP contribution in [0.1, 0.15) is 0 Å². The zero-order valence-electron chi connectivity index (χ0n) is 6.02. The quantitative estimate of drug-likeness (QED) is 0.544. The normalized spacial score (nSPS) is 20.3. The van der Waals surface area contributed by atoms with Crippen LogP contribution in [0.4, 0.5) is 0 Å². The summed E-state index contributed by atoms with van der Waals surface area (Å²) in [5.74, 6) is -0.645. The number of allylic oxidation sites excluding steroid dienone is 1. The van der Waals surface area contributed by atoms with Crippen LogP contribution < -0.4 is 0 Å². The number of hydrogen-bond acceptors (Lipinski definition) is 2. The van der Waals surface area contributed by atoms with Crippen molar-refractivity contribution in [3.05, 3.63) is 23.3 Å². The maximum absolute atomic E-state index is 11.0. The van der Waals surface area contributed by atoms with E-state index in [0.29, 0.717) is 11.1 Å². The highest BCUT2D eigenvalue weighted by atomic mass is 16.2. The van der Waals surface area contributed by atoms with E-state index >= 15 is 0 Å². The molecule has 0 radical (unpaired) electrons. The largest absolute Gasteiger partial charge is 0.277 e. The summed E-state index contributed by atoms with van der Waals surface area (Å²) < 4.78 is 0. The van der Waals surface area contributed by atoms with Crippen LogP contribution >= 0.6 is 0 Å². The Hall–Kier alpha value is -1.84. The third-order valence-electron chi connectivity index (χ3n) is 1.58. The Kier molecular flexibility index (Phi) is 1.33. The number of aliphatic imine (C=N–C) groups is 2. The van der Waals surface area contributed by atoms with Crippen molar-refractivity contribution >= 4 is 24.2 Å². The summed E-state index contributed by atoms with van der Waals surface area (Å²) in [6.45, 7) is 0. The van der Waals surface area contributed by atoms with Gasteiger partial charge in [0.05, 0.1) is 5.57 Å². The van der Waals surface area contributed by atoms with E-state index in [1.165, 1.54) is 18.5 Å². The van der Waals surface area contributed by atoms with Crippen LogP contribution in [-0.2, 0) is 9.59 Å². The maximum Gasteiger partial charge on any atom is 0.277 e. The first-order chi connectivity index (χ1) is 5.77. The molecule has 58 valence electrons. The van der Waals surface area contributed by atoms with E-state index in [-0.39, 0.29) is 11.8 Å². The molecule has 0 saturated carbocycles. The van der Waals surface area contributed by atoms with E-state index in [1.54, 1.807) is 6.08 Å². The van der Waals surface area contributed by atoms with Crippen molar-refractivity contribution < 1.29 is 9.59 Å². The van der Waals surface area contributed by atoms with Crippen molar-refractivity contribution in [2.24, 2.45) is 9.98 Å². The Morgan fingerprint density at radius 3 is 2.50 bits per heavy atom. The van der Waals surface area contributed by atoms with Crippen LogP contribution in [-0.4, -0.2) is 24.2 Å². The molecule has 12 heavy (non-hydrogen) atoms. The van der Waals surface area contributed by atoms with Gasteiger partial charge in [-0.25, -0.2) is 9.98 Å². The van der Waals surface area contributed by atoms with Gasteiger partial charge in [-0.1, -0.05) is 0 Å². The Morgan fingerprint density at radius 2 is 2.00 bits per heavy atom. The van der Waals surface area contributed by atoms with E-state index in [4.69, 9.17) is 0 Å². The van der Waals surface area contributed by atoms with Gasteiger partial charge in [0.2, 0.25) is 0 Å². The molecule has 2 amide bonds. The zero-order chi connectivity index (χ0) is 8.55. The molecular weight excluding hydrogens is 156 g/mol. The van der Waals surface area contributed by atoms with Gasteiger partial charge in [0.15, 0.2) is 0 Å². The number of nitrogens with zero attached hydrogens (tertiary/aromatic N) is 2. The minimum Gasteiger partial charge on any atom is -0.267 e. The molecule has 2 rings (SSSR count). The minimum absolute atomic E-state index is 0.317.